The molecule has 4 rings (SSSR count). The van der Waals surface area contributed by atoms with Crippen molar-refractivity contribution in [2.24, 2.45) is 0 Å². The maximum Gasteiger partial charge on any atom is 0.346 e. The van der Waals surface area contributed by atoms with E-state index in [9.17, 15) is 4.79 Å². The highest BCUT2D eigenvalue weighted by molar-refractivity contribution is 5.87. The Morgan fingerprint density at radius 3 is 2.33 bits per heavy atom. The van der Waals surface area contributed by atoms with Crippen molar-refractivity contribution in [3.05, 3.63) is 35.9 Å². The van der Waals surface area contributed by atoms with Crippen LogP contribution in [0.25, 0.3) is 0 Å². The maximum atomic E-state index is 12.9. The van der Waals surface area contributed by atoms with Crippen LogP contribution in [0, 0.1) is 0 Å². The summed E-state index contributed by atoms with van der Waals surface area (Å²) in [5.74, 6) is -0.152. The lowest BCUT2D eigenvalue weighted by Crippen LogP contribution is -2.39. The summed E-state index contributed by atoms with van der Waals surface area (Å²) in [4.78, 5) is 12.9. The van der Waals surface area contributed by atoms with Crippen LogP contribution < -0.4 is 0 Å². The van der Waals surface area contributed by atoms with Crippen LogP contribution in [0.3, 0.4) is 0 Å². The van der Waals surface area contributed by atoms with Gasteiger partial charge in [-0.1, -0.05) is 36.8 Å². The Labute approximate surface area is 125 Å². The first kappa shape index (κ1) is 13.3. The van der Waals surface area contributed by atoms with Gasteiger partial charge in [-0.15, -0.1) is 0 Å². The number of hydrogen-bond acceptors (Lipinski definition) is 3. The van der Waals surface area contributed by atoms with Gasteiger partial charge < -0.3 is 9.47 Å². The van der Waals surface area contributed by atoms with Gasteiger partial charge in [0.25, 0.3) is 0 Å². The van der Waals surface area contributed by atoms with Gasteiger partial charge in [0.1, 0.15) is 11.7 Å². The predicted molar refractivity (Wildman–Crippen MR) is 78.8 cm³/mol. The van der Waals surface area contributed by atoms with E-state index in [1.807, 2.05) is 30.3 Å². The highest BCUT2D eigenvalue weighted by atomic mass is 16.7. The van der Waals surface area contributed by atoms with Crippen molar-refractivity contribution < 1.29 is 14.3 Å². The lowest BCUT2D eigenvalue weighted by Gasteiger charge is -2.28. The standard InChI is InChI=1S/C18H22O3/c19-16(20-15-10-5-2-6-11-15)18(14-8-3-1-4-9-14)17(21-18)12-7-13-17/h1,3-4,8-9,15H,2,5-7,10-13H2. The van der Waals surface area contributed by atoms with E-state index in [4.69, 9.17) is 9.47 Å². The zero-order valence-corrected chi connectivity index (χ0v) is 12.3. The topological polar surface area (TPSA) is 38.8 Å². The minimum Gasteiger partial charge on any atom is -0.460 e. The number of rotatable bonds is 3. The third-order valence-corrected chi connectivity index (χ3v) is 5.40. The second kappa shape index (κ2) is 4.84. The summed E-state index contributed by atoms with van der Waals surface area (Å²) in [7, 11) is 0. The summed E-state index contributed by atoms with van der Waals surface area (Å²) in [6.07, 6.45) is 8.79. The fraction of sp³-hybridized carbons (Fsp3) is 0.611. The van der Waals surface area contributed by atoms with Crippen molar-refractivity contribution in [3.63, 3.8) is 0 Å². The minimum atomic E-state index is -0.816. The van der Waals surface area contributed by atoms with Crippen molar-refractivity contribution >= 4 is 5.97 Å². The van der Waals surface area contributed by atoms with E-state index in [2.05, 4.69) is 0 Å². The molecule has 0 bridgehead atoms. The lowest BCUT2D eigenvalue weighted by atomic mass is 9.73. The van der Waals surface area contributed by atoms with E-state index in [-0.39, 0.29) is 17.7 Å². The van der Waals surface area contributed by atoms with E-state index in [0.717, 1.165) is 37.7 Å². The Kier molecular flexibility index (Phi) is 3.07. The average molecular weight is 286 g/mol. The Balaban J connectivity index is 1.58. The summed E-state index contributed by atoms with van der Waals surface area (Å²) in [6, 6.07) is 9.90. The Bertz CT molecular complexity index is 529. The number of esters is 1. The average Bonchev–Trinajstić information content (AvgIpc) is 3.21. The van der Waals surface area contributed by atoms with Crippen molar-refractivity contribution in [2.75, 3.05) is 0 Å². The first-order valence-electron chi connectivity index (χ1n) is 8.24. The summed E-state index contributed by atoms with van der Waals surface area (Å²) in [6.45, 7) is 0. The molecule has 1 spiro atoms. The van der Waals surface area contributed by atoms with Crippen LogP contribution in [0.2, 0.25) is 0 Å². The van der Waals surface area contributed by atoms with Crippen LogP contribution in [0.5, 0.6) is 0 Å². The largest absolute Gasteiger partial charge is 0.460 e. The maximum absolute atomic E-state index is 12.9. The molecule has 21 heavy (non-hydrogen) atoms. The predicted octanol–water partition coefficient (Wildman–Crippen LogP) is 3.71. The molecule has 0 N–H and O–H groups in total. The Morgan fingerprint density at radius 1 is 1.05 bits per heavy atom. The third-order valence-electron chi connectivity index (χ3n) is 5.40. The SMILES string of the molecule is O=C(OC1CCCCC1)C1(c2ccccc2)OC12CCC2. The molecular weight excluding hydrogens is 264 g/mol. The van der Waals surface area contributed by atoms with Crippen LogP contribution >= 0.6 is 0 Å². The minimum absolute atomic E-state index is 0.0909. The molecule has 3 nitrogen and oxygen atoms in total. The number of epoxide rings is 1. The molecule has 0 amide bonds. The zero-order chi connectivity index (χ0) is 14.3. The summed E-state index contributed by atoms with van der Waals surface area (Å²) in [5, 5.41) is 0. The number of hydrogen-bond donors (Lipinski definition) is 0. The van der Waals surface area contributed by atoms with Crippen LogP contribution in [-0.2, 0) is 19.9 Å². The van der Waals surface area contributed by atoms with Gasteiger partial charge >= 0.3 is 5.97 Å². The van der Waals surface area contributed by atoms with E-state index in [0.29, 0.717) is 0 Å². The molecule has 112 valence electrons. The van der Waals surface area contributed by atoms with Gasteiger partial charge in [-0.3, -0.25) is 0 Å². The van der Waals surface area contributed by atoms with Crippen molar-refractivity contribution in [3.8, 4) is 0 Å². The highest BCUT2D eigenvalue weighted by Crippen LogP contribution is 2.66. The molecular formula is C18H22O3. The van der Waals surface area contributed by atoms with Gasteiger partial charge in [0.05, 0.1) is 0 Å². The van der Waals surface area contributed by atoms with Crippen molar-refractivity contribution in [2.45, 2.75) is 68.7 Å². The van der Waals surface area contributed by atoms with E-state index >= 15 is 0 Å². The smallest absolute Gasteiger partial charge is 0.346 e. The summed E-state index contributed by atoms with van der Waals surface area (Å²) >= 11 is 0. The summed E-state index contributed by atoms with van der Waals surface area (Å²) in [5.41, 5.74) is -0.116. The monoisotopic (exact) mass is 286 g/mol. The molecule has 3 aliphatic rings. The fourth-order valence-corrected chi connectivity index (χ4v) is 3.98. The third kappa shape index (κ3) is 1.94. The van der Waals surface area contributed by atoms with Crippen LogP contribution in [-0.4, -0.2) is 17.7 Å². The molecule has 2 aliphatic carbocycles. The van der Waals surface area contributed by atoms with E-state index in [1.54, 1.807) is 0 Å². The first-order valence-corrected chi connectivity index (χ1v) is 8.24. The van der Waals surface area contributed by atoms with Crippen LogP contribution in [0.1, 0.15) is 56.9 Å². The van der Waals surface area contributed by atoms with E-state index < -0.39 is 5.60 Å². The molecule has 3 fully saturated rings. The van der Waals surface area contributed by atoms with Gasteiger partial charge in [0, 0.05) is 0 Å². The highest BCUT2D eigenvalue weighted by Gasteiger charge is 2.78. The molecule has 0 radical (unpaired) electrons. The molecule has 1 aromatic carbocycles. The molecule has 1 atom stereocenters. The van der Waals surface area contributed by atoms with Crippen LogP contribution in [0.4, 0.5) is 0 Å². The molecule has 1 aromatic rings. The van der Waals surface area contributed by atoms with Gasteiger partial charge in [-0.05, 0) is 50.5 Å². The normalized spacial score (nSPS) is 30.7. The molecule has 0 aromatic heterocycles. The van der Waals surface area contributed by atoms with Crippen LogP contribution in [0.15, 0.2) is 30.3 Å². The fourth-order valence-electron chi connectivity index (χ4n) is 3.98. The van der Waals surface area contributed by atoms with Gasteiger partial charge in [-0.25, -0.2) is 4.79 Å². The molecule has 1 saturated heterocycles. The molecule has 3 heteroatoms. The number of ether oxygens (including phenoxy) is 2. The molecule has 1 heterocycles. The Hall–Kier alpha value is -1.35. The quantitative estimate of drug-likeness (QED) is 0.628. The number of carbonyl (C=O) groups is 1. The summed E-state index contributed by atoms with van der Waals surface area (Å²) < 4.78 is 11.9. The number of benzene rings is 1. The van der Waals surface area contributed by atoms with Gasteiger partial charge in [0.2, 0.25) is 5.60 Å². The first-order chi connectivity index (χ1) is 10.3. The Morgan fingerprint density at radius 2 is 1.76 bits per heavy atom. The second-order valence-electron chi connectivity index (χ2n) is 6.66. The van der Waals surface area contributed by atoms with Crippen molar-refractivity contribution in [1.29, 1.82) is 0 Å². The molecule has 1 aliphatic heterocycles. The lowest BCUT2D eigenvalue weighted by molar-refractivity contribution is -0.157. The molecule has 1 unspecified atom stereocenters. The zero-order valence-electron chi connectivity index (χ0n) is 12.3. The number of carbonyl (C=O) groups excluding carboxylic acids is 1. The van der Waals surface area contributed by atoms with E-state index in [1.165, 1.54) is 19.3 Å². The van der Waals surface area contributed by atoms with Gasteiger partial charge in [-0.2, -0.15) is 0 Å². The van der Waals surface area contributed by atoms with Gasteiger partial charge in [0.15, 0.2) is 0 Å². The van der Waals surface area contributed by atoms with Crippen molar-refractivity contribution in [1.82, 2.24) is 0 Å². The molecule has 2 saturated carbocycles. The second-order valence-corrected chi connectivity index (χ2v) is 6.66.